The van der Waals surface area contributed by atoms with E-state index in [1.165, 1.54) is 11.3 Å². The SMILES string of the molecule is O=Cc1csc2c(S)c(CCl)ccc12. The molecule has 0 saturated carbocycles. The standard InChI is InChI=1S/C10H7ClOS2/c11-3-6-1-2-8-7(4-12)5-14-10(8)9(6)13/h1-2,4-5,13H,3H2. The highest BCUT2D eigenvalue weighted by molar-refractivity contribution is 7.80. The molecule has 0 fully saturated rings. The topological polar surface area (TPSA) is 17.1 Å². The van der Waals surface area contributed by atoms with Crippen LogP contribution in [0, 0.1) is 0 Å². The fourth-order valence-corrected chi connectivity index (χ4v) is 3.07. The van der Waals surface area contributed by atoms with Crippen molar-refractivity contribution in [2.75, 3.05) is 0 Å². The molecule has 0 aliphatic rings. The van der Waals surface area contributed by atoms with Crippen LogP contribution in [0.3, 0.4) is 0 Å². The number of carbonyl (C=O) groups excluding carboxylic acids is 1. The van der Waals surface area contributed by atoms with Gasteiger partial charge in [0.25, 0.3) is 0 Å². The van der Waals surface area contributed by atoms with Crippen molar-refractivity contribution in [2.24, 2.45) is 0 Å². The van der Waals surface area contributed by atoms with Gasteiger partial charge in [-0.05, 0) is 5.56 Å². The van der Waals surface area contributed by atoms with E-state index >= 15 is 0 Å². The van der Waals surface area contributed by atoms with Crippen molar-refractivity contribution in [3.8, 4) is 0 Å². The molecule has 0 unspecified atom stereocenters. The monoisotopic (exact) mass is 242 g/mol. The highest BCUT2D eigenvalue weighted by Crippen LogP contribution is 2.33. The summed E-state index contributed by atoms with van der Waals surface area (Å²) >= 11 is 11.7. The Hall–Kier alpha value is -0.510. The van der Waals surface area contributed by atoms with Gasteiger partial charge in [-0.3, -0.25) is 4.79 Å². The average molecular weight is 243 g/mol. The number of carbonyl (C=O) groups is 1. The third-order valence-electron chi connectivity index (χ3n) is 2.10. The molecule has 72 valence electrons. The van der Waals surface area contributed by atoms with Crippen molar-refractivity contribution in [3.05, 3.63) is 28.6 Å². The van der Waals surface area contributed by atoms with Crippen LogP contribution in [0.4, 0.5) is 0 Å². The number of hydrogen-bond donors (Lipinski definition) is 1. The van der Waals surface area contributed by atoms with Crippen molar-refractivity contribution in [2.45, 2.75) is 10.8 Å². The molecule has 1 nitrogen and oxygen atoms in total. The average Bonchev–Trinajstić information content (AvgIpc) is 2.62. The highest BCUT2D eigenvalue weighted by atomic mass is 35.5. The molecule has 0 radical (unpaired) electrons. The van der Waals surface area contributed by atoms with Gasteiger partial charge in [-0.2, -0.15) is 0 Å². The predicted molar refractivity (Wildman–Crippen MR) is 64.0 cm³/mol. The normalized spacial score (nSPS) is 10.7. The quantitative estimate of drug-likeness (QED) is 0.482. The third-order valence-corrected chi connectivity index (χ3v) is 4.08. The van der Waals surface area contributed by atoms with Gasteiger partial charge in [0.1, 0.15) is 0 Å². The molecule has 0 aliphatic carbocycles. The van der Waals surface area contributed by atoms with Crippen molar-refractivity contribution in [1.29, 1.82) is 0 Å². The van der Waals surface area contributed by atoms with Gasteiger partial charge < -0.3 is 0 Å². The molecule has 0 aliphatic heterocycles. The first kappa shape index (κ1) is 10.0. The lowest BCUT2D eigenvalue weighted by Crippen LogP contribution is -1.82. The van der Waals surface area contributed by atoms with Crippen LogP contribution in [-0.4, -0.2) is 6.29 Å². The fourth-order valence-electron chi connectivity index (χ4n) is 1.34. The molecule has 0 N–H and O–H groups in total. The van der Waals surface area contributed by atoms with E-state index in [0.29, 0.717) is 5.88 Å². The molecule has 2 rings (SSSR count). The maximum absolute atomic E-state index is 10.7. The van der Waals surface area contributed by atoms with Gasteiger partial charge in [0.15, 0.2) is 6.29 Å². The van der Waals surface area contributed by atoms with Crippen LogP contribution in [0.5, 0.6) is 0 Å². The Bertz CT molecular complexity index is 490. The van der Waals surface area contributed by atoms with Crippen molar-refractivity contribution >= 4 is 51.9 Å². The van der Waals surface area contributed by atoms with E-state index in [1.54, 1.807) is 0 Å². The Balaban J connectivity index is 2.78. The second-order valence-corrected chi connectivity index (χ2v) is 4.49. The summed E-state index contributed by atoms with van der Waals surface area (Å²) in [6, 6.07) is 3.84. The van der Waals surface area contributed by atoms with Crippen LogP contribution in [0.1, 0.15) is 15.9 Å². The van der Waals surface area contributed by atoms with Crippen LogP contribution >= 0.6 is 35.6 Å². The number of benzene rings is 1. The van der Waals surface area contributed by atoms with Crippen LogP contribution in [0.25, 0.3) is 10.1 Å². The molecule has 1 aromatic heterocycles. The minimum Gasteiger partial charge on any atom is -0.298 e. The smallest absolute Gasteiger partial charge is 0.151 e. The lowest BCUT2D eigenvalue weighted by molar-refractivity contribution is 0.112. The number of rotatable bonds is 2. The van der Waals surface area contributed by atoms with Gasteiger partial charge >= 0.3 is 0 Å². The lowest BCUT2D eigenvalue weighted by atomic mass is 10.1. The molecule has 0 amide bonds. The molecule has 2 aromatic rings. The number of hydrogen-bond acceptors (Lipinski definition) is 3. The summed E-state index contributed by atoms with van der Waals surface area (Å²) in [6.45, 7) is 0. The van der Waals surface area contributed by atoms with Crippen molar-refractivity contribution in [3.63, 3.8) is 0 Å². The van der Waals surface area contributed by atoms with E-state index in [9.17, 15) is 4.79 Å². The number of thiol groups is 1. The summed E-state index contributed by atoms with van der Waals surface area (Å²) < 4.78 is 1.04. The van der Waals surface area contributed by atoms with E-state index in [1.807, 2.05) is 17.5 Å². The molecular weight excluding hydrogens is 236 g/mol. The third kappa shape index (κ3) is 1.45. The Kier molecular flexibility index (Phi) is 2.81. The van der Waals surface area contributed by atoms with Gasteiger partial charge in [-0.1, -0.05) is 12.1 Å². The van der Waals surface area contributed by atoms with Crippen molar-refractivity contribution in [1.82, 2.24) is 0 Å². The molecule has 1 aromatic carbocycles. The van der Waals surface area contributed by atoms with Crippen LogP contribution in [0.15, 0.2) is 22.4 Å². The molecule has 1 heterocycles. The first-order valence-electron chi connectivity index (χ1n) is 4.01. The summed E-state index contributed by atoms with van der Waals surface area (Å²) in [5.74, 6) is 0.448. The minimum absolute atomic E-state index is 0.448. The Morgan fingerprint density at radius 3 is 2.93 bits per heavy atom. The van der Waals surface area contributed by atoms with E-state index in [2.05, 4.69) is 12.6 Å². The maximum atomic E-state index is 10.7. The van der Waals surface area contributed by atoms with Gasteiger partial charge in [0, 0.05) is 31.8 Å². The Morgan fingerprint density at radius 2 is 2.29 bits per heavy atom. The Labute approximate surface area is 96.1 Å². The lowest BCUT2D eigenvalue weighted by Gasteiger charge is -2.01. The van der Waals surface area contributed by atoms with Crippen LogP contribution in [-0.2, 0) is 5.88 Å². The number of halogens is 1. The van der Waals surface area contributed by atoms with Gasteiger partial charge in [0.05, 0.1) is 0 Å². The first-order chi connectivity index (χ1) is 6.77. The molecule has 0 atom stereocenters. The summed E-state index contributed by atoms with van der Waals surface area (Å²) in [4.78, 5) is 11.6. The van der Waals surface area contributed by atoms with E-state index < -0.39 is 0 Å². The summed E-state index contributed by atoms with van der Waals surface area (Å²) in [5.41, 5.74) is 1.73. The second kappa shape index (κ2) is 3.93. The number of fused-ring (bicyclic) bond motifs is 1. The molecule has 0 saturated heterocycles. The van der Waals surface area contributed by atoms with Gasteiger partial charge in [-0.25, -0.2) is 0 Å². The first-order valence-corrected chi connectivity index (χ1v) is 5.87. The van der Waals surface area contributed by atoms with Crippen LogP contribution in [0.2, 0.25) is 0 Å². The highest BCUT2D eigenvalue weighted by Gasteiger charge is 2.08. The summed E-state index contributed by atoms with van der Waals surface area (Å²) in [5, 5.41) is 2.80. The Morgan fingerprint density at radius 1 is 1.50 bits per heavy atom. The molecule has 14 heavy (non-hydrogen) atoms. The fraction of sp³-hybridized carbons (Fsp3) is 0.100. The van der Waals surface area contributed by atoms with Gasteiger partial charge in [0.2, 0.25) is 0 Å². The molecule has 0 spiro atoms. The summed E-state index contributed by atoms with van der Waals surface area (Å²) in [7, 11) is 0. The van der Waals surface area contributed by atoms with Crippen molar-refractivity contribution < 1.29 is 4.79 Å². The molecule has 0 bridgehead atoms. The van der Waals surface area contributed by atoms with E-state index in [-0.39, 0.29) is 0 Å². The van der Waals surface area contributed by atoms with Gasteiger partial charge in [-0.15, -0.1) is 35.6 Å². The zero-order valence-corrected chi connectivity index (χ0v) is 9.63. The van der Waals surface area contributed by atoms with E-state index in [0.717, 1.165) is 32.4 Å². The molecule has 4 heteroatoms. The number of alkyl halides is 1. The second-order valence-electron chi connectivity index (χ2n) is 2.89. The maximum Gasteiger partial charge on any atom is 0.151 e. The molecular formula is C10H7ClOS2. The van der Waals surface area contributed by atoms with Crippen LogP contribution < -0.4 is 0 Å². The number of thiophene rings is 1. The zero-order chi connectivity index (χ0) is 10.1. The minimum atomic E-state index is 0.448. The predicted octanol–water partition coefficient (Wildman–Crippen LogP) is 3.74. The zero-order valence-electron chi connectivity index (χ0n) is 7.16. The largest absolute Gasteiger partial charge is 0.298 e. The summed E-state index contributed by atoms with van der Waals surface area (Å²) in [6.07, 6.45) is 0.867. The van der Waals surface area contributed by atoms with E-state index in [4.69, 9.17) is 11.6 Å². The number of aldehydes is 1.